The summed E-state index contributed by atoms with van der Waals surface area (Å²) in [4.78, 5) is -0.0667. The van der Waals surface area contributed by atoms with Gasteiger partial charge in [0.1, 0.15) is 0 Å². The van der Waals surface area contributed by atoms with Crippen LogP contribution in [0.4, 0.5) is 0 Å². The van der Waals surface area contributed by atoms with Crippen molar-refractivity contribution in [3.8, 4) is 0 Å². The molecule has 7 nitrogen and oxygen atoms in total. The summed E-state index contributed by atoms with van der Waals surface area (Å²) in [5.41, 5.74) is 5.69. The molecule has 2 aliphatic carbocycles. The first-order valence-electron chi connectivity index (χ1n) is 8.16. The second-order valence-electron chi connectivity index (χ2n) is 6.52. The van der Waals surface area contributed by atoms with E-state index in [0.717, 1.165) is 32.1 Å². The molecule has 2 fully saturated rings. The fraction of sp³-hybridized carbons (Fsp3) is 0.600. The van der Waals surface area contributed by atoms with E-state index in [1.54, 1.807) is 0 Å². The Balaban J connectivity index is 0.00000225. The van der Waals surface area contributed by atoms with E-state index in [1.807, 2.05) is 0 Å². The van der Waals surface area contributed by atoms with Gasteiger partial charge in [-0.25, -0.2) is 26.3 Å². The minimum absolute atomic E-state index is 0. The molecule has 2 unspecified atom stereocenters. The molecular weight excluding hydrogens is 386 g/mol. The van der Waals surface area contributed by atoms with E-state index in [-0.39, 0.29) is 40.2 Å². The zero-order valence-corrected chi connectivity index (χ0v) is 16.2. The molecule has 2 aliphatic rings. The Kier molecular flexibility index (Phi) is 6.50. The van der Waals surface area contributed by atoms with Crippen molar-refractivity contribution in [3.05, 3.63) is 24.3 Å². The minimum atomic E-state index is -3.78. The molecule has 0 heterocycles. The number of benzene rings is 1. The molecule has 0 saturated heterocycles. The Morgan fingerprint density at radius 2 is 1.56 bits per heavy atom. The van der Waals surface area contributed by atoms with E-state index in [9.17, 15) is 16.8 Å². The van der Waals surface area contributed by atoms with Crippen molar-refractivity contribution in [2.24, 2.45) is 11.7 Å². The molecule has 25 heavy (non-hydrogen) atoms. The molecule has 2 saturated carbocycles. The molecule has 0 bridgehead atoms. The van der Waals surface area contributed by atoms with Crippen molar-refractivity contribution in [1.82, 2.24) is 9.44 Å². The molecular formula is C15H24ClN3O4S2. The van der Waals surface area contributed by atoms with Gasteiger partial charge in [0.25, 0.3) is 0 Å². The normalized spacial score (nSPS) is 24.0. The zero-order chi connectivity index (χ0) is 17.4. The van der Waals surface area contributed by atoms with Crippen molar-refractivity contribution < 1.29 is 16.8 Å². The summed E-state index contributed by atoms with van der Waals surface area (Å²) in [6, 6.07) is 5.25. The summed E-state index contributed by atoms with van der Waals surface area (Å²) in [5, 5.41) is 0. The Morgan fingerprint density at radius 3 is 2.12 bits per heavy atom. The summed E-state index contributed by atoms with van der Waals surface area (Å²) in [7, 11) is -7.46. The van der Waals surface area contributed by atoms with Gasteiger partial charge in [-0.2, -0.15) is 0 Å². The van der Waals surface area contributed by atoms with E-state index in [1.165, 1.54) is 24.3 Å². The largest absolute Gasteiger partial charge is 0.330 e. The van der Waals surface area contributed by atoms with Crippen LogP contribution < -0.4 is 15.2 Å². The molecule has 2 atom stereocenters. The number of halogens is 1. The average Bonchev–Trinajstić information content (AvgIpc) is 3.23. The molecule has 4 N–H and O–H groups in total. The van der Waals surface area contributed by atoms with Gasteiger partial charge >= 0.3 is 0 Å². The van der Waals surface area contributed by atoms with Crippen LogP contribution in [0.5, 0.6) is 0 Å². The van der Waals surface area contributed by atoms with Crippen molar-refractivity contribution in [2.75, 3.05) is 6.54 Å². The fourth-order valence-electron chi connectivity index (χ4n) is 3.04. The smallest absolute Gasteiger partial charge is 0.240 e. The predicted molar refractivity (Wildman–Crippen MR) is 97.5 cm³/mol. The molecule has 0 radical (unpaired) electrons. The lowest BCUT2D eigenvalue weighted by Crippen LogP contribution is -2.39. The van der Waals surface area contributed by atoms with Crippen LogP contribution >= 0.6 is 12.4 Å². The van der Waals surface area contributed by atoms with Gasteiger partial charge in [-0.1, -0.05) is 12.5 Å². The van der Waals surface area contributed by atoms with Gasteiger partial charge in [0.05, 0.1) is 9.79 Å². The molecule has 142 valence electrons. The second-order valence-corrected chi connectivity index (χ2v) is 9.95. The molecule has 10 heteroatoms. The van der Waals surface area contributed by atoms with E-state index in [4.69, 9.17) is 5.73 Å². The summed E-state index contributed by atoms with van der Waals surface area (Å²) in [6.45, 7) is 0.437. The van der Waals surface area contributed by atoms with Crippen molar-refractivity contribution in [2.45, 2.75) is 54.0 Å². The zero-order valence-electron chi connectivity index (χ0n) is 13.7. The highest BCUT2D eigenvalue weighted by molar-refractivity contribution is 7.90. The standard InChI is InChI=1S/C15H23N3O4S2.ClH/c16-10-11-3-1-6-15(11)18-24(21,22)14-5-2-4-13(9-14)23(19,20)17-12-7-8-12;/h2,4-5,9,11-12,15,17-18H,1,3,6-8,10,16H2;1H. The number of hydrogen-bond acceptors (Lipinski definition) is 5. The van der Waals surface area contributed by atoms with E-state index in [2.05, 4.69) is 9.44 Å². The lowest BCUT2D eigenvalue weighted by molar-refractivity contribution is 0.453. The van der Waals surface area contributed by atoms with E-state index >= 15 is 0 Å². The maximum Gasteiger partial charge on any atom is 0.240 e. The van der Waals surface area contributed by atoms with Gasteiger partial charge < -0.3 is 5.73 Å². The number of nitrogens with two attached hydrogens (primary N) is 1. The first kappa shape index (κ1) is 20.6. The van der Waals surface area contributed by atoms with Crippen LogP contribution in [0, 0.1) is 5.92 Å². The van der Waals surface area contributed by atoms with Crippen LogP contribution in [-0.2, 0) is 20.0 Å². The average molecular weight is 410 g/mol. The van der Waals surface area contributed by atoms with Crippen molar-refractivity contribution >= 4 is 32.5 Å². The fourth-order valence-corrected chi connectivity index (χ4v) is 5.85. The van der Waals surface area contributed by atoms with Gasteiger partial charge in [0, 0.05) is 12.1 Å². The predicted octanol–water partition coefficient (Wildman–Crippen LogP) is 0.955. The van der Waals surface area contributed by atoms with Gasteiger partial charge in [-0.05, 0) is 56.3 Å². The molecule has 3 rings (SSSR count). The molecule has 1 aromatic carbocycles. The summed E-state index contributed by atoms with van der Waals surface area (Å²) < 4.78 is 55.0. The number of hydrogen-bond donors (Lipinski definition) is 3. The maximum atomic E-state index is 12.6. The summed E-state index contributed by atoms with van der Waals surface area (Å²) >= 11 is 0. The van der Waals surface area contributed by atoms with Crippen molar-refractivity contribution in [3.63, 3.8) is 0 Å². The molecule has 0 amide bonds. The molecule has 1 aromatic rings. The van der Waals surface area contributed by atoms with Gasteiger partial charge in [-0.15, -0.1) is 12.4 Å². The second kappa shape index (κ2) is 7.89. The Labute approximate surface area is 155 Å². The third-order valence-corrected chi connectivity index (χ3v) is 7.60. The number of sulfonamides is 2. The maximum absolute atomic E-state index is 12.6. The van der Waals surface area contributed by atoms with Gasteiger partial charge in [0.2, 0.25) is 20.0 Å². The monoisotopic (exact) mass is 409 g/mol. The first-order chi connectivity index (χ1) is 11.3. The molecule has 0 aliphatic heterocycles. The molecule has 0 aromatic heterocycles. The molecule has 0 spiro atoms. The third kappa shape index (κ3) is 4.93. The lowest BCUT2D eigenvalue weighted by atomic mass is 10.1. The third-order valence-electron chi connectivity index (χ3n) is 4.59. The highest BCUT2D eigenvalue weighted by atomic mass is 35.5. The number of nitrogens with one attached hydrogen (secondary N) is 2. The van der Waals surface area contributed by atoms with E-state index in [0.29, 0.717) is 6.54 Å². The number of rotatable bonds is 7. The highest BCUT2D eigenvalue weighted by Crippen LogP contribution is 2.27. The van der Waals surface area contributed by atoms with Gasteiger partial charge in [-0.3, -0.25) is 0 Å². The Bertz CT molecular complexity index is 810. The van der Waals surface area contributed by atoms with Gasteiger partial charge in [0.15, 0.2) is 0 Å². The topological polar surface area (TPSA) is 118 Å². The van der Waals surface area contributed by atoms with Crippen LogP contribution in [0.3, 0.4) is 0 Å². The quantitative estimate of drug-likeness (QED) is 0.619. The highest BCUT2D eigenvalue weighted by Gasteiger charge is 2.32. The SMILES string of the molecule is Cl.NCC1CCCC1NS(=O)(=O)c1cccc(S(=O)(=O)NC2CC2)c1. The Hall–Kier alpha value is -0.710. The van der Waals surface area contributed by atoms with Crippen LogP contribution in [-0.4, -0.2) is 35.5 Å². The Morgan fingerprint density at radius 1 is 0.960 bits per heavy atom. The summed E-state index contributed by atoms with van der Waals surface area (Å²) in [6.07, 6.45) is 4.24. The summed E-state index contributed by atoms with van der Waals surface area (Å²) in [5.74, 6) is 0.128. The van der Waals surface area contributed by atoms with Crippen LogP contribution in [0.15, 0.2) is 34.1 Å². The minimum Gasteiger partial charge on any atom is -0.330 e. The van der Waals surface area contributed by atoms with Crippen LogP contribution in [0.2, 0.25) is 0 Å². The van der Waals surface area contributed by atoms with Crippen LogP contribution in [0.1, 0.15) is 32.1 Å². The first-order valence-corrected chi connectivity index (χ1v) is 11.1. The van der Waals surface area contributed by atoms with E-state index < -0.39 is 20.0 Å². The van der Waals surface area contributed by atoms with Crippen molar-refractivity contribution in [1.29, 1.82) is 0 Å². The van der Waals surface area contributed by atoms with Crippen LogP contribution in [0.25, 0.3) is 0 Å². The lowest BCUT2D eigenvalue weighted by Gasteiger charge is -2.19.